The summed E-state index contributed by atoms with van der Waals surface area (Å²) in [5.41, 5.74) is 1.27. The van der Waals surface area contributed by atoms with Crippen LogP contribution in [0.1, 0.15) is 13.8 Å². The molecule has 2 aliphatic rings. The van der Waals surface area contributed by atoms with Gasteiger partial charge in [-0.1, -0.05) is 18.2 Å². The van der Waals surface area contributed by atoms with Gasteiger partial charge in [-0.2, -0.15) is 0 Å². The summed E-state index contributed by atoms with van der Waals surface area (Å²) in [4.78, 5) is 19.1. The second-order valence-corrected chi connectivity index (χ2v) is 6.65. The Balaban J connectivity index is 1.48. The Bertz CT molecular complexity index is 504. The molecule has 0 spiro atoms. The molecule has 0 aliphatic carbocycles. The number of ether oxygens (including phenoxy) is 1. The number of carbonyl (C=O) groups is 1. The molecule has 0 bridgehead atoms. The lowest BCUT2D eigenvalue weighted by Gasteiger charge is -2.39. The Kier molecular flexibility index (Phi) is 5.18. The van der Waals surface area contributed by atoms with E-state index < -0.39 is 0 Å². The summed E-state index contributed by atoms with van der Waals surface area (Å²) < 4.78 is 5.71. The molecule has 5 heteroatoms. The van der Waals surface area contributed by atoms with E-state index in [1.165, 1.54) is 5.69 Å². The molecule has 0 N–H and O–H groups in total. The maximum atomic E-state index is 12.5. The van der Waals surface area contributed by atoms with E-state index in [1.54, 1.807) is 0 Å². The van der Waals surface area contributed by atoms with Crippen molar-refractivity contribution in [2.75, 3.05) is 50.7 Å². The molecule has 2 saturated heterocycles. The first kappa shape index (κ1) is 16.3. The standard InChI is InChI=1S/C18H27N3O2/c1-15-12-21(13-16(2)23-15)18(22)14-19-8-10-20(11-9-19)17-6-4-3-5-7-17/h3-7,15-16H,8-14H2,1-2H3. The van der Waals surface area contributed by atoms with Crippen LogP contribution in [0, 0.1) is 0 Å². The average molecular weight is 317 g/mol. The van der Waals surface area contributed by atoms with E-state index in [2.05, 4.69) is 34.1 Å². The highest BCUT2D eigenvalue weighted by molar-refractivity contribution is 5.78. The quantitative estimate of drug-likeness (QED) is 0.845. The van der Waals surface area contributed by atoms with Gasteiger partial charge in [0.25, 0.3) is 0 Å². The van der Waals surface area contributed by atoms with Crippen LogP contribution in [0.25, 0.3) is 0 Å². The predicted molar refractivity (Wildman–Crippen MR) is 91.7 cm³/mol. The van der Waals surface area contributed by atoms with Gasteiger partial charge in [-0.15, -0.1) is 0 Å². The van der Waals surface area contributed by atoms with Crippen molar-refractivity contribution in [2.24, 2.45) is 0 Å². The number of para-hydroxylation sites is 1. The zero-order valence-corrected chi connectivity index (χ0v) is 14.1. The lowest BCUT2D eigenvalue weighted by Crippen LogP contribution is -2.53. The summed E-state index contributed by atoms with van der Waals surface area (Å²) in [6, 6.07) is 10.5. The number of hydrogen-bond acceptors (Lipinski definition) is 4. The minimum absolute atomic E-state index is 0.137. The van der Waals surface area contributed by atoms with Crippen LogP contribution in [0.3, 0.4) is 0 Å². The van der Waals surface area contributed by atoms with Crippen molar-refractivity contribution in [1.82, 2.24) is 9.80 Å². The van der Waals surface area contributed by atoms with Crippen molar-refractivity contribution in [2.45, 2.75) is 26.1 Å². The number of amides is 1. The van der Waals surface area contributed by atoms with Gasteiger partial charge >= 0.3 is 0 Å². The van der Waals surface area contributed by atoms with E-state index in [0.29, 0.717) is 19.6 Å². The van der Waals surface area contributed by atoms with Crippen LogP contribution in [0.4, 0.5) is 5.69 Å². The van der Waals surface area contributed by atoms with Gasteiger partial charge in [-0.3, -0.25) is 9.69 Å². The van der Waals surface area contributed by atoms with Crippen molar-refractivity contribution in [3.63, 3.8) is 0 Å². The van der Waals surface area contributed by atoms with Crippen LogP contribution < -0.4 is 4.90 Å². The average Bonchev–Trinajstić information content (AvgIpc) is 2.55. The molecule has 0 aromatic heterocycles. The van der Waals surface area contributed by atoms with Crippen molar-refractivity contribution < 1.29 is 9.53 Å². The summed E-state index contributed by atoms with van der Waals surface area (Å²) in [7, 11) is 0. The van der Waals surface area contributed by atoms with Gasteiger partial charge in [0.2, 0.25) is 5.91 Å². The lowest BCUT2D eigenvalue weighted by molar-refractivity contribution is -0.144. The fraction of sp³-hybridized carbons (Fsp3) is 0.611. The number of piperazine rings is 1. The molecule has 2 aliphatic heterocycles. The third-order valence-corrected chi connectivity index (χ3v) is 4.62. The molecule has 2 unspecified atom stereocenters. The van der Waals surface area contributed by atoms with Crippen LogP contribution in [-0.4, -0.2) is 73.7 Å². The van der Waals surface area contributed by atoms with Gasteiger partial charge < -0.3 is 14.5 Å². The Morgan fingerprint density at radius 3 is 2.26 bits per heavy atom. The normalized spacial score (nSPS) is 26.3. The molecule has 2 heterocycles. The zero-order chi connectivity index (χ0) is 16.2. The number of anilines is 1. The Labute approximate surface area is 138 Å². The van der Waals surface area contributed by atoms with Gasteiger partial charge in [0.1, 0.15) is 0 Å². The maximum absolute atomic E-state index is 12.5. The number of benzene rings is 1. The molecule has 0 radical (unpaired) electrons. The van der Waals surface area contributed by atoms with Crippen LogP contribution in [0.15, 0.2) is 30.3 Å². The third-order valence-electron chi connectivity index (χ3n) is 4.62. The minimum atomic E-state index is 0.137. The number of rotatable bonds is 3. The number of hydrogen-bond donors (Lipinski definition) is 0. The molecular formula is C18H27N3O2. The van der Waals surface area contributed by atoms with Gasteiger partial charge in [0, 0.05) is 45.0 Å². The summed E-state index contributed by atoms with van der Waals surface area (Å²) in [5.74, 6) is 0.236. The molecule has 23 heavy (non-hydrogen) atoms. The number of nitrogens with zero attached hydrogens (tertiary/aromatic N) is 3. The van der Waals surface area contributed by atoms with E-state index in [4.69, 9.17) is 4.74 Å². The topological polar surface area (TPSA) is 36.0 Å². The van der Waals surface area contributed by atoms with E-state index >= 15 is 0 Å². The van der Waals surface area contributed by atoms with E-state index in [0.717, 1.165) is 26.2 Å². The van der Waals surface area contributed by atoms with Crippen molar-refractivity contribution in [1.29, 1.82) is 0 Å². The zero-order valence-electron chi connectivity index (χ0n) is 14.1. The largest absolute Gasteiger partial charge is 0.372 e. The molecule has 1 aromatic carbocycles. The van der Waals surface area contributed by atoms with Crippen LogP contribution in [-0.2, 0) is 9.53 Å². The second kappa shape index (κ2) is 7.32. The fourth-order valence-corrected chi connectivity index (χ4v) is 3.48. The van der Waals surface area contributed by atoms with Gasteiger partial charge in [-0.05, 0) is 26.0 Å². The van der Waals surface area contributed by atoms with E-state index in [1.807, 2.05) is 24.8 Å². The van der Waals surface area contributed by atoms with E-state index in [-0.39, 0.29) is 18.1 Å². The van der Waals surface area contributed by atoms with Crippen LogP contribution >= 0.6 is 0 Å². The molecule has 2 fully saturated rings. The highest BCUT2D eigenvalue weighted by Crippen LogP contribution is 2.16. The molecule has 3 rings (SSSR count). The molecule has 1 aromatic rings. The van der Waals surface area contributed by atoms with Gasteiger partial charge in [-0.25, -0.2) is 0 Å². The number of morpholine rings is 1. The molecule has 5 nitrogen and oxygen atoms in total. The molecule has 126 valence electrons. The van der Waals surface area contributed by atoms with Gasteiger partial charge in [0.15, 0.2) is 0 Å². The monoisotopic (exact) mass is 317 g/mol. The first-order chi connectivity index (χ1) is 11.1. The SMILES string of the molecule is CC1CN(C(=O)CN2CCN(c3ccccc3)CC2)CC(C)O1. The molecule has 2 atom stereocenters. The second-order valence-electron chi connectivity index (χ2n) is 6.65. The Morgan fingerprint density at radius 2 is 1.65 bits per heavy atom. The van der Waals surface area contributed by atoms with Gasteiger partial charge in [0.05, 0.1) is 18.8 Å². The molecule has 1 amide bonds. The summed E-state index contributed by atoms with van der Waals surface area (Å²) in [5, 5.41) is 0. The first-order valence-corrected chi connectivity index (χ1v) is 8.57. The molecular weight excluding hydrogens is 290 g/mol. The minimum Gasteiger partial charge on any atom is -0.372 e. The lowest BCUT2D eigenvalue weighted by atomic mass is 10.2. The molecule has 0 saturated carbocycles. The highest BCUT2D eigenvalue weighted by Gasteiger charge is 2.27. The van der Waals surface area contributed by atoms with Crippen molar-refractivity contribution >= 4 is 11.6 Å². The van der Waals surface area contributed by atoms with Crippen LogP contribution in [0.2, 0.25) is 0 Å². The van der Waals surface area contributed by atoms with E-state index in [9.17, 15) is 4.79 Å². The maximum Gasteiger partial charge on any atom is 0.236 e. The van der Waals surface area contributed by atoms with Crippen molar-refractivity contribution in [3.8, 4) is 0 Å². The fourth-order valence-electron chi connectivity index (χ4n) is 3.48. The third kappa shape index (κ3) is 4.24. The first-order valence-electron chi connectivity index (χ1n) is 8.57. The predicted octanol–water partition coefficient (Wildman–Crippen LogP) is 1.44. The smallest absolute Gasteiger partial charge is 0.236 e. The Morgan fingerprint density at radius 1 is 1.04 bits per heavy atom. The van der Waals surface area contributed by atoms with Crippen LogP contribution in [0.5, 0.6) is 0 Å². The summed E-state index contributed by atoms with van der Waals surface area (Å²) >= 11 is 0. The van der Waals surface area contributed by atoms with Crippen molar-refractivity contribution in [3.05, 3.63) is 30.3 Å². The Hall–Kier alpha value is -1.59. The number of carbonyl (C=O) groups excluding carboxylic acids is 1. The summed E-state index contributed by atoms with van der Waals surface area (Å²) in [6.45, 7) is 9.87. The summed E-state index contributed by atoms with van der Waals surface area (Å²) in [6.07, 6.45) is 0.273. The highest BCUT2D eigenvalue weighted by atomic mass is 16.5.